The molecular weight excluding hydrogens is 492 g/mol. The van der Waals surface area contributed by atoms with Crippen molar-refractivity contribution in [2.75, 3.05) is 27.4 Å². The van der Waals surface area contributed by atoms with Gasteiger partial charge in [-0.05, 0) is 38.8 Å². The molecule has 0 spiro atoms. The minimum atomic E-state index is -3.24. The highest BCUT2D eigenvalue weighted by molar-refractivity contribution is 9.10. The number of alkyl carbamates (subject to hydrolysis) is 1. The molecule has 3 N–H and O–H groups in total. The fraction of sp³-hybridized carbons (Fsp3) is 0.556. The van der Waals surface area contributed by atoms with Gasteiger partial charge in [0.25, 0.3) is 0 Å². The normalized spacial score (nSPS) is 17.2. The van der Waals surface area contributed by atoms with Crippen molar-refractivity contribution >= 4 is 43.9 Å². The summed E-state index contributed by atoms with van der Waals surface area (Å²) in [5.41, 5.74) is -0.114. The molecule has 1 heterocycles. The number of hydrogen-bond acceptors (Lipinski definition) is 10. The number of benzene rings is 1. The second kappa shape index (κ2) is 10.6. The van der Waals surface area contributed by atoms with Gasteiger partial charge in [-0.25, -0.2) is 9.59 Å². The molecule has 0 saturated carbocycles. The third-order valence-corrected chi connectivity index (χ3v) is 5.08. The van der Waals surface area contributed by atoms with Gasteiger partial charge in [0.15, 0.2) is 0 Å². The summed E-state index contributed by atoms with van der Waals surface area (Å²) in [5, 5.41) is 20.1. The molecule has 1 aromatic carbocycles. The lowest BCUT2D eigenvalue weighted by Gasteiger charge is -2.40. The predicted octanol–water partition coefficient (Wildman–Crippen LogP) is 0.609. The quantitative estimate of drug-likeness (QED) is 0.257. The molecule has 2 unspecified atom stereocenters. The number of aliphatic hydroxyl groups is 2. The number of nitrogens with one attached hydrogen (secondary N) is 1. The highest BCUT2D eigenvalue weighted by Crippen LogP contribution is 2.40. The van der Waals surface area contributed by atoms with Crippen molar-refractivity contribution < 1.29 is 48.2 Å². The Morgan fingerprint density at radius 1 is 1.22 bits per heavy atom. The SMILES string of the molecule is [B]C([B])(c1cc(OC)c(Br)cc1OC)C(O)(O)NC(=O)OC(C)OC(=O)OC1CCOC1. The molecule has 172 valence electrons. The van der Waals surface area contributed by atoms with E-state index in [-0.39, 0.29) is 23.7 Å². The molecule has 2 atom stereocenters. The number of amides is 1. The Labute approximate surface area is 195 Å². The molecule has 1 aliphatic rings. The van der Waals surface area contributed by atoms with Gasteiger partial charge in [0.2, 0.25) is 12.2 Å². The fourth-order valence-electron chi connectivity index (χ4n) is 2.73. The van der Waals surface area contributed by atoms with Gasteiger partial charge < -0.3 is 38.6 Å². The number of halogens is 1. The first-order chi connectivity index (χ1) is 14.9. The number of ether oxygens (including phenoxy) is 6. The molecule has 1 saturated heterocycles. The van der Waals surface area contributed by atoms with Crippen LogP contribution in [0, 0.1) is 0 Å². The van der Waals surface area contributed by atoms with Crippen molar-refractivity contribution in [1.29, 1.82) is 0 Å². The van der Waals surface area contributed by atoms with Gasteiger partial charge >= 0.3 is 12.2 Å². The van der Waals surface area contributed by atoms with E-state index in [9.17, 15) is 19.8 Å². The van der Waals surface area contributed by atoms with Gasteiger partial charge in [0.05, 0.1) is 47.6 Å². The highest BCUT2D eigenvalue weighted by atomic mass is 79.9. The van der Waals surface area contributed by atoms with Crippen LogP contribution < -0.4 is 14.8 Å². The fourth-order valence-corrected chi connectivity index (χ4v) is 3.21. The smallest absolute Gasteiger partial charge is 0.496 e. The molecule has 14 heteroatoms. The van der Waals surface area contributed by atoms with Crippen molar-refractivity contribution in [2.24, 2.45) is 0 Å². The van der Waals surface area contributed by atoms with E-state index in [0.29, 0.717) is 17.5 Å². The van der Waals surface area contributed by atoms with Crippen LogP contribution in [0.2, 0.25) is 0 Å². The van der Waals surface area contributed by atoms with Gasteiger partial charge in [-0.3, -0.25) is 5.32 Å². The first kappa shape index (κ1) is 26.1. The van der Waals surface area contributed by atoms with Crippen LogP contribution in [0.25, 0.3) is 0 Å². The van der Waals surface area contributed by atoms with Crippen LogP contribution in [0.5, 0.6) is 11.5 Å². The molecule has 0 aliphatic carbocycles. The van der Waals surface area contributed by atoms with E-state index in [1.807, 2.05) is 0 Å². The minimum absolute atomic E-state index is 0.0701. The Bertz CT molecular complexity index is 832. The third-order valence-electron chi connectivity index (χ3n) is 4.46. The molecular formula is C18H22B2BrNO10. The molecule has 1 fully saturated rings. The van der Waals surface area contributed by atoms with Crippen LogP contribution >= 0.6 is 15.9 Å². The second-order valence-electron chi connectivity index (χ2n) is 6.80. The van der Waals surface area contributed by atoms with Gasteiger partial charge in [0, 0.05) is 13.3 Å². The van der Waals surface area contributed by atoms with E-state index in [4.69, 9.17) is 44.1 Å². The lowest BCUT2D eigenvalue weighted by molar-refractivity contribution is -0.195. The summed E-state index contributed by atoms with van der Waals surface area (Å²) in [6.45, 7) is 1.90. The summed E-state index contributed by atoms with van der Waals surface area (Å²) in [5.74, 6) is -2.91. The predicted molar refractivity (Wildman–Crippen MR) is 113 cm³/mol. The van der Waals surface area contributed by atoms with Crippen LogP contribution in [-0.4, -0.2) is 83.9 Å². The summed E-state index contributed by atoms with van der Waals surface area (Å²) in [6.07, 6.45) is -3.87. The molecule has 32 heavy (non-hydrogen) atoms. The van der Waals surface area contributed by atoms with E-state index in [0.717, 1.165) is 0 Å². The summed E-state index contributed by atoms with van der Waals surface area (Å²) in [7, 11) is 14.6. The Balaban J connectivity index is 2.05. The summed E-state index contributed by atoms with van der Waals surface area (Å²) in [4.78, 5) is 23.8. The molecule has 2 rings (SSSR count). The molecule has 4 radical (unpaired) electrons. The van der Waals surface area contributed by atoms with E-state index >= 15 is 0 Å². The Morgan fingerprint density at radius 2 is 1.88 bits per heavy atom. The maximum atomic E-state index is 12.1. The second-order valence-corrected chi connectivity index (χ2v) is 7.65. The molecule has 1 amide bonds. The lowest BCUT2D eigenvalue weighted by atomic mass is 9.48. The minimum Gasteiger partial charge on any atom is -0.496 e. The van der Waals surface area contributed by atoms with Gasteiger partial charge in [-0.2, -0.15) is 0 Å². The average molecular weight is 514 g/mol. The van der Waals surface area contributed by atoms with Crippen LogP contribution in [0.1, 0.15) is 18.9 Å². The lowest BCUT2D eigenvalue weighted by Crippen LogP contribution is -2.64. The monoisotopic (exact) mass is 513 g/mol. The van der Waals surface area contributed by atoms with Crippen molar-refractivity contribution in [2.45, 2.75) is 36.9 Å². The summed E-state index contributed by atoms with van der Waals surface area (Å²) >= 11 is 3.25. The van der Waals surface area contributed by atoms with Crippen LogP contribution in [-0.2, 0) is 24.2 Å². The van der Waals surface area contributed by atoms with Gasteiger partial charge in [-0.1, -0.05) is 0 Å². The zero-order chi connectivity index (χ0) is 24.1. The average Bonchev–Trinajstić information content (AvgIpc) is 3.19. The summed E-state index contributed by atoms with van der Waals surface area (Å²) < 4.78 is 30.4. The topological polar surface area (TPSA) is 142 Å². The summed E-state index contributed by atoms with van der Waals surface area (Å²) in [6, 6.07) is 2.74. The van der Waals surface area contributed by atoms with Crippen LogP contribution in [0.3, 0.4) is 0 Å². The van der Waals surface area contributed by atoms with Gasteiger partial charge in [0.1, 0.15) is 17.6 Å². The zero-order valence-corrected chi connectivity index (χ0v) is 19.2. The number of hydrogen-bond donors (Lipinski definition) is 3. The van der Waals surface area contributed by atoms with Crippen molar-refractivity contribution in [3.63, 3.8) is 0 Å². The standard InChI is InChI=1S/C18H22B2BrNO10/c1-9(31-16(24)32-10-4-5-29-8-10)30-15(23)22-18(25,26)17(19,20)11-6-14(28-3)12(21)7-13(11)27-2/h6-7,9-10,25-26H,4-5,8H2,1-3H3,(H,22,23). The molecule has 0 bridgehead atoms. The molecule has 1 aromatic rings. The number of methoxy groups -OCH3 is 2. The first-order valence-electron chi connectivity index (χ1n) is 9.29. The maximum Gasteiger partial charge on any atom is 0.511 e. The van der Waals surface area contributed by atoms with E-state index in [2.05, 4.69) is 15.9 Å². The Kier molecular flexibility index (Phi) is 8.68. The Hall–Kier alpha value is -2.15. The highest BCUT2D eigenvalue weighted by Gasteiger charge is 2.46. The molecule has 0 aromatic heterocycles. The molecule has 1 aliphatic heterocycles. The largest absolute Gasteiger partial charge is 0.511 e. The Morgan fingerprint density at radius 3 is 2.44 bits per heavy atom. The molecule has 11 nitrogen and oxygen atoms in total. The van der Waals surface area contributed by atoms with Gasteiger partial charge in [-0.15, -0.1) is 0 Å². The van der Waals surface area contributed by atoms with E-state index < -0.39 is 35.8 Å². The number of carbonyl (C=O) groups is 2. The third kappa shape index (κ3) is 6.21. The van der Waals surface area contributed by atoms with Crippen molar-refractivity contribution in [3.8, 4) is 11.5 Å². The van der Waals surface area contributed by atoms with E-state index in [1.165, 1.54) is 33.3 Å². The van der Waals surface area contributed by atoms with Crippen molar-refractivity contribution in [3.05, 3.63) is 22.2 Å². The first-order valence-corrected chi connectivity index (χ1v) is 10.1. The number of carbonyl (C=O) groups excluding carboxylic acids is 2. The van der Waals surface area contributed by atoms with E-state index in [1.54, 1.807) is 5.32 Å². The number of rotatable bonds is 8. The van der Waals surface area contributed by atoms with Crippen LogP contribution in [0.4, 0.5) is 9.59 Å². The van der Waals surface area contributed by atoms with Crippen LogP contribution in [0.15, 0.2) is 16.6 Å². The van der Waals surface area contributed by atoms with Crippen molar-refractivity contribution in [1.82, 2.24) is 5.32 Å². The maximum absolute atomic E-state index is 12.1. The zero-order valence-electron chi connectivity index (χ0n) is 17.6.